The first-order chi connectivity index (χ1) is 8.09. The van der Waals surface area contributed by atoms with Gasteiger partial charge in [-0.05, 0) is 29.5 Å². The summed E-state index contributed by atoms with van der Waals surface area (Å²) in [7, 11) is 0. The first-order valence-electron chi connectivity index (χ1n) is 5.94. The lowest BCUT2D eigenvalue weighted by Crippen LogP contribution is -2.37. The number of halogens is 2. The normalized spacial score (nSPS) is 19.9. The second-order valence-corrected chi connectivity index (χ2v) is 5.92. The number of nitrogens with one attached hydrogen (secondary N) is 2. The Hall–Kier alpha value is -0.280. The summed E-state index contributed by atoms with van der Waals surface area (Å²) >= 11 is 12.1. The van der Waals surface area contributed by atoms with Crippen LogP contribution in [-0.2, 0) is 6.42 Å². The molecular weight excluding hydrogens is 255 g/mol. The molecule has 1 aliphatic heterocycles. The molecule has 17 heavy (non-hydrogen) atoms. The van der Waals surface area contributed by atoms with E-state index in [9.17, 15) is 0 Å². The van der Waals surface area contributed by atoms with E-state index in [0.29, 0.717) is 5.02 Å². The van der Waals surface area contributed by atoms with Crippen molar-refractivity contribution in [2.45, 2.75) is 13.3 Å². The minimum atomic E-state index is 0.202. The van der Waals surface area contributed by atoms with Crippen LogP contribution in [0.1, 0.15) is 12.5 Å². The summed E-state index contributed by atoms with van der Waals surface area (Å²) in [6.45, 7) is 6.37. The van der Waals surface area contributed by atoms with Crippen LogP contribution in [0.2, 0.25) is 10.0 Å². The van der Waals surface area contributed by atoms with Crippen molar-refractivity contribution in [3.63, 3.8) is 0 Å². The third kappa shape index (κ3) is 3.59. The highest BCUT2D eigenvalue weighted by atomic mass is 35.5. The lowest BCUT2D eigenvalue weighted by atomic mass is 9.83. The first kappa shape index (κ1) is 13.2. The molecule has 1 aromatic carbocycles. The van der Waals surface area contributed by atoms with Crippen molar-refractivity contribution >= 4 is 23.2 Å². The molecule has 1 aromatic rings. The number of hydrogen-bond donors (Lipinski definition) is 2. The van der Waals surface area contributed by atoms with Gasteiger partial charge in [-0.15, -0.1) is 0 Å². The molecule has 1 saturated heterocycles. The van der Waals surface area contributed by atoms with E-state index in [1.54, 1.807) is 0 Å². The zero-order valence-corrected chi connectivity index (χ0v) is 11.5. The fourth-order valence-corrected chi connectivity index (χ4v) is 2.74. The minimum Gasteiger partial charge on any atom is -0.315 e. The molecule has 1 aliphatic rings. The Bertz CT molecular complexity index is 385. The van der Waals surface area contributed by atoms with Gasteiger partial charge in [0.1, 0.15) is 0 Å². The van der Waals surface area contributed by atoms with Gasteiger partial charge in [0.2, 0.25) is 0 Å². The van der Waals surface area contributed by atoms with E-state index in [1.807, 2.05) is 18.2 Å². The van der Waals surface area contributed by atoms with E-state index >= 15 is 0 Å². The summed E-state index contributed by atoms with van der Waals surface area (Å²) in [6, 6.07) is 5.75. The first-order valence-corrected chi connectivity index (χ1v) is 6.70. The van der Waals surface area contributed by atoms with Gasteiger partial charge in [-0.3, -0.25) is 0 Å². The molecule has 1 heterocycles. The number of rotatable bonds is 2. The van der Waals surface area contributed by atoms with Gasteiger partial charge in [0, 0.05) is 36.2 Å². The predicted molar refractivity (Wildman–Crippen MR) is 74.0 cm³/mol. The van der Waals surface area contributed by atoms with Crippen molar-refractivity contribution in [1.82, 2.24) is 10.6 Å². The third-order valence-corrected chi connectivity index (χ3v) is 3.80. The highest BCUT2D eigenvalue weighted by Gasteiger charge is 2.26. The summed E-state index contributed by atoms with van der Waals surface area (Å²) in [6.07, 6.45) is 0.961. The van der Waals surface area contributed by atoms with Crippen LogP contribution in [0.3, 0.4) is 0 Å². The molecule has 2 N–H and O–H groups in total. The molecule has 94 valence electrons. The Labute approximate surface area is 113 Å². The molecule has 4 heteroatoms. The van der Waals surface area contributed by atoms with Gasteiger partial charge in [0.25, 0.3) is 0 Å². The molecule has 2 rings (SSSR count). The molecule has 1 fully saturated rings. The molecule has 0 bridgehead atoms. The Morgan fingerprint density at radius 3 is 2.41 bits per heavy atom. The molecule has 0 unspecified atom stereocenters. The average Bonchev–Trinajstić information content (AvgIpc) is 2.48. The lowest BCUT2D eigenvalue weighted by Gasteiger charge is -2.28. The highest BCUT2D eigenvalue weighted by molar-refractivity contribution is 6.35. The maximum Gasteiger partial charge on any atom is 0.0453 e. The smallest absolute Gasteiger partial charge is 0.0453 e. The topological polar surface area (TPSA) is 24.1 Å². The van der Waals surface area contributed by atoms with Gasteiger partial charge >= 0.3 is 0 Å². The molecule has 0 amide bonds. The third-order valence-electron chi connectivity index (χ3n) is 3.21. The Morgan fingerprint density at radius 1 is 1.18 bits per heavy atom. The van der Waals surface area contributed by atoms with E-state index in [0.717, 1.165) is 37.6 Å². The van der Waals surface area contributed by atoms with Crippen molar-refractivity contribution in [3.05, 3.63) is 33.8 Å². The fourth-order valence-electron chi connectivity index (χ4n) is 2.27. The van der Waals surface area contributed by atoms with Crippen LogP contribution >= 0.6 is 23.2 Å². The molecule has 0 radical (unpaired) electrons. The van der Waals surface area contributed by atoms with Crippen LogP contribution in [0, 0.1) is 5.41 Å². The summed E-state index contributed by atoms with van der Waals surface area (Å²) in [5, 5.41) is 8.38. The van der Waals surface area contributed by atoms with Crippen molar-refractivity contribution in [2.75, 3.05) is 26.2 Å². The van der Waals surface area contributed by atoms with Crippen LogP contribution in [0.15, 0.2) is 18.2 Å². The van der Waals surface area contributed by atoms with Crippen LogP contribution < -0.4 is 10.6 Å². The largest absolute Gasteiger partial charge is 0.315 e. The fraction of sp³-hybridized carbons (Fsp3) is 0.538. The molecule has 2 nitrogen and oxygen atoms in total. The average molecular weight is 273 g/mol. The Balaban J connectivity index is 2.12. The van der Waals surface area contributed by atoms with Gasteiger partial charge in [-0.2, -0.15) is 0 Å². The zero-order chi connectivity index (χ0) is 12.3. The summed E-state index contributed by atoms with van der Waals surface area (Å²) in [4.78, 5) is 0. The quantitative estimate of drug-likeness (QED) is 0.865. The predicted octanol–water partition coefficient (Wildman–Crippen LogP) is 2.74. The van der Waals surface area contributed by atoms with Crippen molar-refractivity contribution in [1.29, 1.82) is 0 Å². The van der Waals surface area contributed by atoms with E-state index in [4.69, 9.17) is 23.2 Å². The van der Waals surface area contributed by atoms with Gasteiger partial charge in [0.05, 0.1) is 0 Å². The number of benzene rings is 1. The maximum absolute atomic E-state index is 6.23. The zero-order valence-electron chi connectivity index (χ0n) is 10.0. The highest BCUT2D eigenvalue weighted by Crippen LogP contribution is 2.28. The Kier molecular flexibility index (Phi) is 4.31. The Morgan fingerprint density at radius 2 is 1.82 bits per heavy atom. The molecule has 0 saturated carbocycles. The van der Waals surface area contributed by atoms with Crippen LogP contribution in [0.4, 0.5) is 0 Å². The molecular formula is C13H18Cl2N2. The van der Waals surface area contributed by atoms with Crippen LogP contribution in [0.25, 0.3) is 0 Å². The standard InChI is InChI=1S/C13H18Cl2N2/c1-13(8-16-4-5-17-9-13)7-10-2-3-11(14)6-12(10)15/h2-3,6,16-17H,4-5,7-9H2,1H3. The minimum absolute atomic E-state index is 0.202. The van der Waals surface area contributed by atoms with Gasteiger partial charge in [-0.1, -0.05) is 36.2 Å². The molecule has 0 atom stereocenters. The summed E-state index contributed by atoms with van der Waals surface area (Å²) < 4.78 is 0. The van der Waals surface area contributed by atoms with E-state index < -0.39 is 0 Å². The van der Waals surface area contributed by atoms with E-state index in [1.165, 1.54) is 5.56 Å². The monoisotopic (exact) mass is 272 g/mol. The van der Waals surface area contributed by atoms with Crippen molar-refractivity contribution in [2.24, 2.45) is 5.41 Å². The molecule has 0 aliphatic carbocycles. The summed E-state index contributed by atoms with van der Waals surface area (Å²) in [5.74, 6) is 0. The lowest BCUT2D eigenvalue weighted by molar-refractivity contribution is 0.315. The van der Waals surface area contributed by atoms with E-state index in [-0.39, 0.29) is 5.41 Å². The van der Waals surface area contributed by atoms with Gasteiger partial charge in [-0.25, -0.2) is 0 Å². The van der Waals surface area contributed by atoms with Crippen molar-refractivity contribution < 1.29 is 0 Å². The SMILES string of the molecule is CC1(Cc2ccc(Cl)cc2Cl)CNCCNC1. The van der Waals surface area contributed by atoms with Gasteiger partial charge in [0.15, 0.2) is 0 Å². The number of hydrogen-bond acceptors (Lipinski definition) is 2. The second-order valence-electron chi connectivity index (χ2n) is 5.08. The van der Waals surface area contributed by atoms with Crippen molar-refractivity contribution in [3.8, 4) is 0 Å². The molecule has 0 spiro atoms. The van der Waals surface area contributed by atoms with Crippen LogP contribution in [0.5, 0.6) is 0 Å². The van der Waals surface area contributed by atoms with E-state index in [2.05, 4.69) is 17.6 Å². The second kappa shape index (κ2) is 5.57. The molecule has 0 aromatic heterocycles. The maximum atomic E-state index is 6.23. The van der Waals surface area contributed by atoms with Crippen LogP contribution in [-0.4, -0.2) is 26.2 Å². The summed E-state index contributed by atoms with van der Waals surface area (Å²) in [5.41, 5.74) is 1.37. The van der Waals surface area contributed by atoms with Gasteiger partial charge < -0.3 is 10.6 Å².